The fourth-order valence-corrected chi connectivity index (χ4v) is 4.12. The van der Waals surface area contributed by atoms with Gasteiger partial charge in [-0.25, -0.2) is 0 Å². The molecule has 2 atom stereocenters. The molecule has 1 fully saturated rings. The zero-order valence-electron chi connectivity index (χ0n) is 14.8. The van der Waals surface area contributed by atoms with Gasteiger partial charge in [0.15, 0.2) is 6.10 Å². The van der Waals surface area contributed by atoms with Gasteiger partial charge in [0.2, 0.25) is 0 Å². The molecule has 1 amide bonds. The summed E-state index contributed by atoms with van der Waals surface area (Å²) in [6.45, 7) is 4.72. The first kappa shape index (κ1) is 16.0. The number of aliphatic imine (C=N–C) groups is 1. The van der Waals surface area contributed by atoms with Crippen molar-refractivity contribution in [1.82, 2.24) is 4.90 Å². The van der Waals surface area contributed by atoms with E-state index in [0.29, 0.717) is 6.54 Å². The zero-order chi connectivity index (χ0) is 17.7. The Morgan fingerprint density at radius 3 is 2.24 bits per heavy atom. The molecule has 2 aromatic carbocycles. The third kappa shape index (κ3) is 2.17. The molecule has 1 saturated heterocycles. The lowest BCUT2D eigenvalue weighted by atomic mass is 9.67. The summed E-state index contributed by atoms with van der Waals surface area (Å²) < 4.78 is 5.67. The highest BCUT2D eigenvalue weighted by atomic mass is 16.5. The van der Waals surface area contributed by atoms with Crippen molar-refractivity contribution < 1.29 is 9.53 Å². The Morgan fingerprint density at radius 1 is 1.04 bits per heavy atom. The highest BCUT2D eigenvalue weighted by Gasteiger charge is 2.67. The third-order valence-corrected chi connectivity index (χ3v) is 5.11. The molecule has 4 heteroatoms. The van der Waals surface area contributed by atoms with Gasteiger partial charge in [-0.1, -0.05) is 60.7 Å². The van der Waals surface area contributed by atoms with Gasteiger partial charge in [-0.15, -0.1) is 0 Å². The number of carbonyl (C=O) groups excluding carboxylic acids is 1. The Morgan fingerprint density at radius 2 is 1.64 bits per heavy atom. The van der Waals surface area contributed by atoms with Crippen LogP contribution in [0.3, 0.4) is 0 Å². The maximum atomic E-state index is 12.8. The molecular weight excluding hydrogens is 312 g/mol. The van der Waals surface area contributed by atoms with E-state index in [1.54, 1.807) is 7.11 Å². The normalized spacial score (nSPS) is 27.3. The molecule has 0 N–H and O–H groups in total. The quantitative estimate of drug-likeness (QED) is 0.810. The second-order valence-corrected chi connectivity index (χ2v) is 7.31. The number of rotatable bonds is 3. The van der Waals surface area contributed by atoms with E-state index >= 15 is 0 Å². The van der Waals surface area contributed by atoms with Gasteiger partial charge in [0, 0.05) is 13.7 Å². The van der Waals surface area contributed by atoms with E-state index in [1.807, 2.05) is 41.3 Å². The van der Waals surface area contributed by atoms with Gasteiger partial charge in [-0.3, -0.25) is 9.79 Å². The molecule has 0 radical (unpaired) electrons. The molecule has 0 spiro atoms. The van der Waals surface area contributed by atoms with Crippen molar-refractivity contribution in [2.45, 2.75) is 31.0 Å². The zero-order valence-corrected chi connectivity index (χ0v) is 14.8. The standard InChI is InChI=1S/C21H22N2O2/c1-20(2)14-23-19(24)18(25-3)21(23,16-12-8-5-9-13-16)17(22-20)15-10-6-4-7-11-15/h4-13,18H,14H2,1-3H3/t18-,21+/m1/s1. The average Bonchev–Trinajstić information content (AvgIpc) is 2.63. The van der Waals surface area contributed by atoms with Gasteiger partial charge in [-0.2, -0.15) is 0 Å². The van der Waals surface area contributed by atoms with Gasteiger partial charge in [-0.05, 0) is 25.0 Å². The molecule has 4 rings (SSSR count). The molecule has 2 aliphatic rings. The Kier molecular flexibility index (Phi) is 3.55. The van der Waals surface area contributed by atoms with Crippen molar-refractivity contribution in [3.63, 3.8) is 0 Å². The summed E-state index contributed by atoms with van der Waals surface area (Å²) >= 11 is 0. The SMILES string of the molecule is CO[C@@H]1C(=O)N2CC(C)(C)N=C(c3ccccc3)[C@@]12c1ccccc1. The number of methoxy groups -OCH3 is 1. The van der Waals surface area contributed by atoms with Crippen LogP contribution in [-0.4, -0.2) is 41.8 Å². The van der Waals surface area contributed by atoms with E-state index in [1.165, 1.54) is 0 Å². The van der Waals surface area contributed by atoms with Crippen molar-refractivity contribution in [2.75, 3.05) is 13.7 Å². The number of β-lactam (4-membered cyclic amide) rings is 1. The van der Waals surface area contributed by atoms with Crippen molar-refractivity contribution >= 4 is 11.6 Å². The second-order valence-electron chi connectivity index (χ2n) is 7.31. The molecule has 25 heavy (non-hydrogen) atoms. The second kappa shape index (κ2) is 5.53. The Hall–Kier alpha value is -2.46. The number of benzene rings is 2. The molecule has 2 aromatic rings. The van der Waals surface area contributed by atoms with E-state index in [4.69, 9.17) is 9.73 Å². The van der Waals surface area contributed by atoms with Crippen molar-refractivity contribution in [1.29, 1.82) is 0 Å². The number of carbonyl (C=O) groups is 1. The lowest BCUT2D eigenvalue weighted by Gasteiger charge is -2.61. The fraction of sp³-hybridized carbons (Fsp3) is 0.333. The van der Waals surface area contributed by atoms with Gasteiger partial charge in [0.25, 0.3) is 5.91 Å². The van der Waals surface area contributed by atoms with E-state index < -0.39 is 11.6 Å². The maximum Gasteiger partial charge on any atom is 0.256 e. The third-order valence-electron chi connectivity index (χ3n) is 5.11. The van der Waals surface area contributed by atoms with Crippen molar-refractivity contribution in [3.05, 3.63) is 71.8 Å². The Bertz CT molecular complexity index is 829. The van der Waals surface area contributed by atoms with Gasteiger partial charge in [0.05, 0.1) is 11.3 Å². The number of fused-ring (bicyclic) bond motifs is 1. The summed E-state index contributed by atoms with van der Waals surface area (Å²) in [5.41, 5.74) is 1.97. The van der Waals surface area contributed by atoms with Crippen LogP contribution in [0.15, 0.2) is 65.7 Å². The fourth-order valence-electron chi connectivity index (χ4n) is 4.12. The highest BCUT2D eigenvalue weighted by molar-refractivity contribution is 6.17. The molecule has 0 unspecified atom stereocenters. The first-order chi connectivity index (χ1) is 12.0. The van der Waals surface area contributed by atoms with E-state index in [0.717, 1.165) is 16.8 Å². The number of hydrogen-bond donors (Lipinski definition) is 0. The lowest BCUT2D eigenvalue weighted by molar-refractivity contribution is -0.184. The topological polar surface area (TPSA) is 41.9 Å². The van der Waals surface area contributed by atoms with E-state index in [2.05, 4.69) is 38.1 Å². The largest absolute Gasteiger partial charge is 0.368 e. The monoisotopic (exact) mass is 334 g/mol. The first-order valence-electron chi connectivity index (χ1n) is 8.56. The summed E-state index contributed by atoms with van der Waals surface area (Å²) in [6, 6.07) is 20.2. The Balaban J connectivity index is 2.01. The van der Waals surface area contributed by atoms with Crippen LogP contribution < -0.4 is 0 Å². The smallest absolute Gasteiger partial charge is 0.256 e. The van der Waals surface area contributed by atoms with Crippen LogP contribution in [0, 0.1) is 0 Å². The average molecular weight is 334 g/mol. The van der Waals surface area contributed by atoms with Crippen LogP contribution in [0.2, 0.25) is 0 Å². The van der Waals surface area contributed by atoms with Crippen LogP contribution >= 0.6 is 0 Å². The lowest BCUT2D eigenvalue weighted by Crippen LogP contribution is -2.79. The van der Waals surface area contributed by atoms with Crippen LogP contribution in [0.25, 0.3) is 0 Å². The number of ether oxygens (including phenoxy) is 1. The molecule has 0 bridgehead atoms. The van der Waals surface area contributed by atoms with Gasteiger partial charge < -0.3 is 9.64 Å². The summed E-state index contributed by atoms with van der Waals surface area (Å²) in [5, 5.41) is 0. The molecule has 4 nitrogen and oxygen atoms in total. The van der Waals surface area contributed by atoms with Gasteiger partial charge >= 0.3 is 0 Å². The summed E-state index contributed by atoms with van der Waals surface area (Å²) in [4.78, 5) is 19.8. The van der Waals surface area contributed by atoms with Crippen molar-refractivity contribution in [3.8, 4) is 0 Å². The van der Waals surface area contributed by atoms with Gasteiger partial charge in [0.1, 0.15) is 5.54 Å². The summed E-state index contributed by atoms with van der Waals surface area (Å²) in [7, 11) is 1.60. The number of nitrogens with zero attached hydrogens (tertiary/aromatic N) is 2. The Labute approximate surface area is 148 Å². The maximum absolute atomic E-state index is 12.8. The van der Waals surface area contributed by atoms with Crippen molar-refractivity contribution in [2.24, 2.45) is 4.99 Å². The molecular formula is C21H22N2O2. The van der Waals surface area contributed by atoms with E-state index in [9.17, 15) is 4.79 Å². The predicted octanol–water partition coefficient (Wildman–Crippen LogP) is 3.02. The number of hydrogen-bond acceptors (Lipinski definition) is 3. The van der Waals surface area contributed by atoms with E-state index in [-0.39, 0.29) is 11.4 Å². The molecule has 0 aliphatic carbocycles. The summed E-state index contributed by atoms with van der Waals surface area (Å²) in [5.74, 6) is 0.0303. The molecule has 2 aliphatic heterocycles. The predicted molar refractivity (Wildman–Crippen MR) is 97.7 cm³/mol. The highest BCUT2D eigenvalue weighted by Crippen LogP contribution is 2.49. The summed E-state index contributed by atoms with van der Waals surface area (Å²) in [6.07, 6.45) is -0.551. The molecule has 0 saturated carbocycles. The molecule has 128 valence electrons. The molecule has 2 heterocycles. The minimum atomic E-state index is -0.663. The number of amides is 1. The molecule has 0 aromatic heterocycles. The van der Waals surface area contributed by atoms with Crippen LogP contribution in [0.4, 0.5) is 0 Å². The van der Waals surface area contributed by atoms with Crippen LogP contribution in [-0.2, 0) is 15.1 Å². The minimum Gasteiger partial charge on any atom is -0.368 e. The minimum absolute atomic E-state index is 0.0303. The van der Waals surface area contributed by atoms with Crippen LogP contribution in [0.5, 0.6) is 0 Å². The van der Waals surface area contributed by atoms with Crippen LogP contribution in [0.1, 0.15) is 25.0 Å². The first-order valence-corrected chi connectivity index (χ1v) is 8.56.